The lowest BCUT2D eigenvalue weighted by atomic mass is 10.0. The number of fused-ring (bicyclic) bond motifs is 1. The number of ketones is 1. The van der Waals surface area contributed by atoms with E-state index >= 15 is 0 Å². The molecule has 0 saturated carbocycles. The first-order chi connectivity index (χ1) is 15.1. The normalized spacial score (nSPS) is 13.1. The van der Waals surface area contributed by atoms with Crippen LogP contribution in [0.25, 0.3) is 10.9 Å². The van der Waals surface area contributed by atoms with Gasteiger partial charge in [-0.25, -0.2) is 13.6 Å². The monoisotopic (exact) mass is 442 g/mol. The number of Topliss-reactive ketones (excluding diaryl/α,β-unsaturated/α-hetero) is 1. The standard InChI is InChI=1S/C24H24F2N2O4/c1-12(2)21(28-23(30)20-16(25)9-7-10-17(20)26)24(31)32-14(4)22(29)19-13(3)27-18-11-6-5-8-15(18)19/h5-12,14,21,27H,1-4H3,(H,28,30). The van der Waals surface area contributed by atoms with Crippen molar-refractivity contribution in [3.05, 3.63) is 70.9 Å². The summed E-state index contributed by atoms with van der Waals surface area (Å²) in [5.41, 5.74) is 1.05. The van der Waals surface area contributed by atoms with E-state index < -0.39 is 52.9 Å². The molecule has 2 N–H and O–H groups in total. The SMILES string of the molecule is Cc1[nH]c2ccccc2c1C(=O)C(C)OC(=O)C(NC(=O)c1c(F)cccc1F)C(C)C. The second-order valence-electron chi connectivity index (χ2n) is 7.91. The van der Waals surface area contributed by atoms with Crippen LogP contribution in [0, 0.1) is 24.5 Å². The zero-order valence-electron chi connectivity index (χ0n) is 18.2. The van der Waals surface area contributed by atoms with Gasteiger partial charge in [-0.3, -0.25) is 9.59 Å². The maximum Gasteiger partial charge on any atom is 0.329 e. The molecular formula is C24H24F2N2O4. The van der Waals surface area contributed by atoms with E-state index in [1.807, 2.05) is 12.1 Å². The number of halogens is 2. The number of amides is 1. The van der Waals surface area contributed by atoms with Crippen LogP contribution in [-0.2, 0) is 9.53 Å². The van der Waals surface area contributed by atoms with Gasteiger partial charge in [0.25, 0.3) is 5.91 Å². The highest BCUT2D eigenvalue weighted by Gasteiger charge is 2.32. The number of rotatable bonds is 7. The maximum atomic E-state index is 13.9. The zero-order chi connectivity index (χ0) is 23.6. The van der Waals surface area contributed by atoms with E-state index in [9.17, 15) is 23.2 Å². The zero-order valence-corrected chi connectivity index (χ0v) is 18.2. The minimum atomic E-state index is -1.21. The number of para-hydroxylation sites is 1. The summed E-state index contributed by atoms with van der Waals surface area (Å²) in [6, 6.07) is 9.09. The highest BCUT2D eigenvalue weighted by Crippen LogP contribution is 2.24. The van der Waals surface area contributed by atoms with E-state index in [1.165, 1.54) is 6.92 Å². The molecule has 0 fully saturated rings. The molecule has 8 heteroatoms. The van der Waals surface area contributed by atoms with E-state index in [0.717, 1.165) is 23.7 Å². The highest BCUT2D eigenvalue weighted by molar-refractivity contribution is 6.11. The number of aromatic amines is 1. The summed E-state index contributed by atoms with van der Waals surface area (Å²) in [5.74, 6) is -4.90. The van der Waals surface area contributed by atoms with Crippen molar-refractivity contribution < 1.29 is 27.9 Å². The van der Waals surface area contributed by atoms with Crippen molar-refractivity contribution >= 4 is 28.6 Å². The van der Waals surface area contributed by atoms with Gasteiger partial charge in [-0.05, 0) is 38.0 Å². The Balaban J connectivity index is 1.77. The lowest BCUT2D eigenvalue weighted by Crippen LogP contribution is -2.47. The molecule has 3 rings (SSSR count). The van der Waals surface area contributed by atoms with Crippen LogP contribution in [0.15, 0.2) is 42.5 Å². The number of aryl methyl sites for hydroxylation is 1. The topological polar surface area (TPSA) is 88.3 Å². The predicted octanol–water partition coefficient (Wildman–Crippen LogP) is 4.32. The molecular weight excluding hydrogens is 418 g/mol. The first-order valence-corrected chi connectivity index (χ1v) is 10.2. The van der Waals surface area contributed by atoms with E-state index in [4.69, 9.17) is 4.74 Å². The fourth-order valence-corrected chi connectivity index (χ4v) is 3.52. The van der Waals surface area contributed by atoms with Crippen molar-refractivity contribution in [2.45, 2.75) is 39.8 Å². The quantitative estimate of drug-likeness (QED) is 0.421. The largest absolute Gasteiger partial charge is 0.453 e. The third-order valence-electron chi connectivity index (χ3n) is 5.20. The molecule has 168 valence electrons. The number of H-pyrrole nitrogens is 1. The van der Waals surface area contributed by atoms with E-state index in [2.05, 4.69) is 10.3 Å². The fraction of sp³-hybridized carbons (Fsp3) is 0.292. The van der Waals surface area contributed by atoms with Gasteiger partial charge in [0.1, 0.15) is 23.2 Å². The Morgan fingerprint density at radius 1 is 0.938 bits per heavy atom. The smallest absolute Gasteiger partial charge is 0.329 e. The Hall–Kier alpha value is -3.55. The first-order valence-electron chi connectivity index (χ1n) is 10.2. The van der Waals surface area contributed by atoms with Crippen LogP contribution in [0.2, 0.25) is 0 Å². The molecule has 1 heterocycles. The summed E-state index contributed by atoms with van der Waals surface area (Å²) in [6.45, 7) is 6.47. The van der Waals surface area contributed by atoms with Crippen molar-refractivity contribution in [2.24, 2.45) is 5.92 Å². The van der Waals surface area contributed by atoms with Crippen LogP contribution in [0.3, 0.4) is 0 Å². The molecule has 0 spiro atoms. The number of aromatic nitrogens is 1. The number of hydrogen-bond donors (Lipinski definition) is 2. The molecule has 0 saturated heterocycles. The average Bonchev–Trinajstić information content (AvgIpc) is 3.06. The van der Waals surface area contributed by atoms with Crippen LogP contribution in [0.5, 0.6) is 0 Å². The maximum absolute atomic E-state index is 13.9. The van der Waals surface area contributed by atoms with Crippen molar-refractivity contribution in [1.82, 2.24) is 10.3 Å². The molecule has 0 bridgehead atoms. The molecule has 3 aromatic rings. The number of benzene rings is 2. The minimum Gasteiger partial charge on any atom is -0.453 e. The lowest BCUT2D eigenvalue weighted by Gasteiger charge is -2.23. The summed E-state index contributed by atoms with van der Waals surface area (Å²) in [4.78, 5) is 41.3. The van der Waals surface area contributed by atoms with Crippen LogP contribution in [0.4, 0.5) is 8.78 Å². The van der Waals surface area contributed by atoms with Gasteiger partial charge in [0.15, 0.2) is 6.10 Å². The van der Waals surface area contributed by atoms with Gasteiger partial charge in [0.2, 0.25) is 5.78 Å². The van der Waals surface area contributed by atoms with Gasteiger partial charge in [-0.2, -0.15) is 0 Å². The molecule has 0 aliphatic carbocycles. The summed E-state index contributed by atoms with van der Waals surface area (Å²) < 4.78 is 33.2. The van der Waals surface area contributed by atoms with E-state index in [-0.39, 0.29) is 0 Å². The van der Waals surface area contributed by atoms with Crippen molar-refractivity contribution in [3.8, 4) is 0 Å². The van der Waals surface area contributed by atoms with Gasteiger partial charge in [-0.15, -0.1) is 0 Å². The molecule has 2 atom stereocenters. The molecule has 6 nitrogen and oxygen atoms in total. The Morgan fingerprint density at radius 3 is 2.19 bits per heavy atom. The number of hydrogen-bond acceptors (Lipinski definition) is 4. The molecule has 1 amide bonds. The molecule has 0 radical (unpaired) electrons. The Bertz CT molecular complexity index is 1170. The lowest BCUT2D eigenvalue weighted by molar-refractivity contribution is -0.149. The van der Waals surface area contributed by atoms with Crippen LogP contribution < -0.4 is 5.32 Å². The predicted molar refractivity (Wildman–Crippen MR) is 115 cm³/mol. The number of carbonyl (C=O) groups excluding carboxylic acids is 3. The molecule has 2 aromatic carbocycles. The van der Waals surface area contributed by atoms with Crippen LogP contribution in [0.1, 0.15) is 47.2 Å². The Kier molecular flexibility index (Phi) is 6.72. The summed E-state index contributed by atoms with van der Waals surface area (Å²) >= 11 is 0. The third kappa shape index (κ3) is 4.54. The minimum absolute atomic E-state index is 0.401. The van der Waals surface area contributed by atoms with Crippen molar-refractivity contribution in [2.75, 3.05) is 0 Å². The summed E-state index contributed by atoms with van der Waals surface area (Å²) in [7, 11) is 0. The van der Waals surface area contributed by atoms with Gasteiger partial charge >= 0.3 is 5.97 Å². The van der Waals surface area contributed by atoms with Crippen LogP contribution in [-0.4, -0.2) is 34.8 Å². The van der Waals surface area contributed by atoms with Crippen molar-refractivity contribution in [1.29, 1.82) is 0 Å². The molecule has 0 aliphatic rings. The van der Waals surface area contributed by atoms with Gasteiger partial charge in [0.05, 0.1) is 0 Å². The van der Waals surface area contributed by atoms with Crippen molar-refractivity contribution in [3.63, 3.8) is 0 Å². The average molecular weight is 442 g/mol. The van der Waals surface area contributed by atoms with E-state index in [0.29, 0.717) is 16.6 Å². The Morgan fingerprint density at radius 2 is 1.56 bits per heavy atom. The molecule has 32 heavy (non-hydrogen) atoms. The Labute approximate surface area is 184 Å². The number of nitrogens with one attached hydrogen (secondary N) is 2. The third-order valence-corrected chi connectivity index (χ3v) is 5.20. The summed E-state index contributed by atoms with van der Waals surface area (Å²) in [6.07, 6.45) is -1.14. The summed E-state index contributed by atoms with van der Waals surface area (Å²) in [5, 5.41) is 3.03. The number of esters is 1. The second-order valence-corrected chi connectivity index (χ2v) is 7.91. The van der Waals surface area contributed by atoms with Gasteiger partial charge in [-0.1, -0.05) is 38.1 Å². The molecule has 0 aliphatic heterocycles. The number of carbonyl (C=O) groups is 3. The first kappa shape index (κ1) is 23.1. The van der Waals surface area contributed by atoms with Gasteiger partial charge in [0, 0.05) is 22.2 Å². The van der Waals surface area contributed by atoms with Gasteiger partial charge < -0.3 is 15.0 Å². The fourth-order valence-electron chi connectivity index (χ4n) is 3.52. The van der Waals surface area contributed by atoms with E-state index in [1.54, 1.807) is 32.9 Å². The molecule has 2 unspecified atom stereocenters. The molecule has 1 aromatic heterocycles. The number of ether oxygens (including phenoxy) is 1. The highest BCUT2D eigenvalue weighted by atomic mass is 19.1. The second kappa shape index (κ2) is 9.30. The van der Waals surface area contributed by atoms with Crippen LogP contribution >= 0.6 is 0 Å².